The average molecular weight is 439 g/mol. The average Bonchev–Trinajstić information content (AvgIpc) is 3.25. The van der Waals surface area contributed by atoms with Crippen LogP contribution < -0.4 is 10.6 Å². The smallest absolute Gasteiger partial charge is 0.259 e. The number of anilines is 1. The molecule has 0 radical (unpaired) electrons. The minimum atomic E-state index is -0.291. The van der Waals surface area contributed by atoms with Crippen LogP contribution >= 0.6 is 0 Å². The Kier molecular flexibility index (Phi) is 6.36. The number of nitrogens with one attached hydrogen (secondary N) is 2. The van der Waals surface area contributed by atoms with Gasteiger partial charge in [-0.05, 0) is 56.7 Å². The molecule has 1 heterocycles. The van der Waals surface area contributed by atoms with Gasteiger partial charge in [0.05, 0.1) is 11.3 Å². The number of carbonyl (C=O) groups is 2. The first-order valence-corrected chi connectivity index (χ1v) is 10.9. The maximum Gasteiger partial charge on any atom is 0.259 e. The number of aryl methyl sites for hydroxylation is 2. The summed E-state index contributed by atoms with van der Waals surface area (Å²) < 4.78 is 1.72. The maximum atomic E-state index is 13.4. The molecule has 0 aliphatic heterocycles. The van der Waals surface area contributed by atoms with Gasteiger partial charge < -0.3 is 10.6 Å². The molecule has 0 saturated carbocycles. The topological polar surface area (TPSA) is 76.0 Å². The van der Waals surface area contributed by atoms with Gasteiger partial charge in [0.25, 0.3) is 11.8 Å². The molecule has 1 aromatic heterocycles. The van der Waals surface area contributed by atoms with Crippen LogP contribution in [0.5, 0.6) is 0 Å². The van der Waals surface area contributed by atoms with E-state index in [0.717, 1.165) is 22.4 Å². The van der Waals surface area contributed by atoms with E-state index < -0.39 is 0 Å². The summed E-state index contributed by atoms with van der Waals surface area (Å²) >= 11 is 0. The zero-order valence-corrected chi connectivity index (χ0v) is 18.9. The van der Waals surface area contributed by atoms with Crippen molar-refractivity contribution in [2.24, 2.45) is 0 Å². The van der Waals surface area contributed by atoms with Gasteiger partial charge in [-0.25, -0.2) is 4.68 Å². The molecule has 2 N–H and O–H groups in total. The number of rotatable bonds is 6. The second-order valence-electron chi connectivity index (χ2n) is 7.88. The van der Waals surface area contributed by atoms with Gasteiger partial charge in [-0.2, -0.15) is 5.10 Å². The molecule has 0 atom stereocenters. The number of carbonyl (C=O) groups excluding carboxylic acids is 2. The van der Waals surface area contributed by atoms with E-state index in [0.29, 0.717) is 29.1 Å². The highest BCUT2D eigenvalue weighted by Crippen LogP contribution is 2.28. The van der Waals surface area contributed by atoms with E-state index in [1.165, 1.54) is 0 Å². The number of hydrogen-bond donors (Lipinski definition) is 2. The molecule has 4 aromatic rings. The van der Waals surface area contributed by atoms with Crippen LogP contribution in [0.4, 0.5) is 5.69 Å². The number of hydrogen-bond acceptors (Lipinski definition) is 3. The molecule has 0 unspecified atom stereocenters. The molecule has 0 saturated heterocycles. The molecule has 3 aromatic carbocycles. The second kappa shape index (κ2) is 9.53. The lowest BCUT2D eigenvalue weighted by atomic mass is 10.0. The number of amides is 2. The summed E-state index contributed by atoms with van der Waals surface area (Å²) in [4.78, 5) is 25.6. The molecule has 0 bridgehead atoms. The monoisotopic (exact) mass is 438 g/mol. The Labute approximate surface area is 193 Å². The quantitative estimate of drug-likeness (QED) is 0.437. The second-order valence-corrected chi connectivity index (χ2v) is 7.88. The van der Waals surface area contributed by atoms with Crippen molar-refractivity contribution in [2.75, 3.05) is 11.9 Å². The van der Waals surface area contributed by atoms with Crippen LogP contribution in [-0.2, 0) is 0 Å². The van der Waals surface area contributed by atoms with Crippen LogP contribution in [0.1, 0.15) is 38.8 Å². The third-order valence-electron chi connectivity index (χ3n) is 5.34. The van der Waals surface area contributed by atoms with Crippen LogP contribution in [0.2, 0.25) is 0 Å². The van der Waals surface area contributed by atoms with E-state index in [-0.39, 0.29) is 11.8 Å². The minimum absolute atomic E-state index is 0.179. The van der Waals surface area contributed by atoms with E-state index in [9.17, 15) is 9.59 Å². The molecule has 2 amide bonds. The summed E-state index contributed by atoms with van der Waals surface area (Å²) in [6.07, 6.45) is 1.74. The Balaban J connectivity index is 1.73. The predicted octanol–water partition coefficient (Wildman–Crippen LogP) is 5.16. The lowest BCUT2D eigenvalue weighted by Gasteiger charge is -2.09. The van der Waals surface area contributed by atoms with Crippen molar-refractivity contribution < 1.29 is 9.59 Å². The SMILES string of the molecule is CCNC(=O)c1cccc(NC(=O)c2cn(-c3ccccc3)nc2-c2ccc(C)cc2C)c1. The van der Waals surface area contributed by atoms with E-state index >= 15 is 0 Å². The Morgan fingerprint density at radius 1 is 0.909 bits per heavy atom. The van der Waals surface area contributed by atoms with E-state index in [1.54, 1.807) is 35.1 Å². The fourth-order valence-corrected chi connectivity index (χ4v) is 3.73. The minimum Gasteiger partial charge on any atom is -0.352 e. The van der Waals surface area contributed by atoms with Gasteiger partial charge in [0, 0.05) is 29.6 Å². The largest absolute Gasteiger partial charge is 0.352 e. The van der Waals surface area contributed by atoms with E-state index in [2.05, 4.69) is 16.7 Å². The Bertz CT molecular complexity index is 1310. The third-order valence-corrected chi connectivity index (χ3v) is 5.34. The molecule has 0 fully saturated rings. The normalized spacial score (nSPS) is 10.6. The summed E-state index contributed by atoms with van der Waals surface area (Å²) in [5.41, 5.74) is 6.04. The molecule has 4 rings (SSSR count). The first kappa shape index (κ1) is 22.0. The Morgan fingerprint density at radius 3 is 2.42 bits per heavy atom. The lowest BCUT2D eigenvalue weighted by molar-refractivity contribution is 0.0954. The van der Waals surface area contributed by atoms with Gasteiger partial charge in [0.2, 0.25) is 0 Å². The van der Waals surface area contributed by atoms with Crippen LogP contribution in [0.3, 0.4) is 0 Å². The molecular formula is C27H26N4O2. The van der Waals surface area contributed by atoms with Crippen LogP contribution in [0, 0.1) is 13.8 Å². The van der Waals surface area contributed by atoms with Crippen molar-refractivity contribution in [2.45, 2.75) is 20.8 Å². The fourth-order valence-electron chi connectivity index (χ4n) is 3.73. The fraction of sp³-hybridized carbons (Fsp3) is 0.148. The number of para-hydroxylation sites is 1. The van der Waals surface area contributed by atoms with Gasteiger partial charge >= 0.3 is 0 Å². The van der Waals surface area contributed by atoms with Crippen molar-refractivity contribution >= 4 is 17.5 Å². The number of benzene rings is 3. The molecule has 6 heteroatoms. The maximum absolute atomic E-state index is 13.4. The number of nitrogens with zero attached hydrogens (tertiary/aromatic N) is 2. The molecule has 166 valence electrons. The van der Waals surface area contributed by atoms with E-state index in [4.69, 9.17) is 5.10 Å². The van der Waals surface area contributed by atoms with Gasteiger partial charge in [0.15, 0.2) is 0 Å². The molecule has 6 nitrogen and oxygen atoms in total. The summed E-state index contributed by atoms with van der Waals surface area (Å²) in [6.45, 7) is 6.45. The first-order chi connectivity index (χ1) is 16.0. The number of aromatic nitrogens is 2. The molecule has 33 heavy (non-hydrogen) atoms. The van der Waals surface area contributed by atoms with Crippen LogP contribution in [-0.4, -0.2) is 28.1 Å². The highest BCUT2D eigenvalue weighted by molar-refractivity contribution is 6.08. The van der Waals surface area contributed by atoms with Gasteiger partial charge in [-0.1, -0.05) is 48.0 Å². The van der Waals surface area contributed by atoms with Crippen molar-refractivity contribution in [1.82, 2.24) is 15.1 Å². The summed E-state index contributed by atoms with van der Waals surface area (Å²) in [7, 11) is 0. The molecule has 0 aliphatic carbocycles. The van der Waals surface area contributed by atoms with Crippen molar-refractivity contribution in [3.8, 4) is 16.9 Å². The van der Waals surface area contributed by atoms with Crippen LogP contribution in [0.25, 0.3) is 16.9 Å². The van der Waals surface area contributed by atoms with Crippen molar-refractivity contribution in [3.05, 3.63) is 101 Å². The first-order valence-electron chi connectivity index (χ1n) is 10.9. The molecule has 0 aliphatic rings. The zero-order valence-electron chi connectivity index (χ0n) is 18.9. The van der Waals surface area contributed by atoms with Gasteiger partial charge in [-0.15, -0.1) is 0 Å². The van der Waals surface area contributed by atoms with E-state index in [1.807, 2.05) is 63.2 Å². The van der Waals surface area contributed by atoms with Crippen molar-refractivity contribution in [3.63, 3.8) is 0 Å². The highest BCUT2D eigenvalue weighted by Gasteiger charge is 2.20. The lowest BCUT2D eigenvalue weighted by Crippen LogP contribution is -2.22. The summed E-state index contributed by atoms with van der Waals surface area (Å²) in [5.74, 6) is -0.471. The standard InChI is InChI=1S/C27H26N4O2/c1-4-28-26(32)20-9-8-10-21(16-20)29-27(33)24-17-31(22-11-6-5-7-12-22)30-25(24)23-14-13-18(2)15-19(23)3/h5-17H,4H2,1-3H3,(H,28,32)(H,29,33). The van der Waals surface area contributed by atoms with Gasteiger partial charge in [0.1, 0.15) is 5.69 Å². The molecular weight excluding hydrogens is 412 g/mol. The Hall–Kier alpha value is -4.19. The summed E-state index contributed by atoms with van der Waals surface area (Å²) in [5, 5.41) is 10.5. The zero-order chi connectivity index (χ0) is 23.4. The van der Waals surface area contributed by atoms with Gasteiger partial charge in [-0.3, -0.25) is 9.59 Å². The van der Waals surface area contributed by atoms with Crippen molar-refractivity contribution in [1.29, 1.82) is 0 Å². The predicted molar refractivity (Wildman–Crippen MR) is 131 cm³/mol. The Morgan fingerprint density at radius 2 is 1.70 bits per heavy atom. The summed E-state index contributed by atoms with van der Waals surface area (Å²) in [6, 6.07) is 22.7. The molecule has 0 spiro atoms. The highest BCUT2D eigenvalue weighted by atomic mass is 16.2. The van der Waals surface area contributed by atoms with Crippen LogP contribution in [0.15, 0.2) is 79.0 Å². The third kappa shape index (κ3) is 4.85.